The van der Waals surface area contributed by atoms with Crippen molar-refractivity contribution >= 4 is 11.8 Å². The van der Waals surface area contributed by atoms with E-state index in [1.165, 1.54) is 17.9 Å². The quantitative estimate of drug-likeness (QED) is 0.813. The predicted molar refractivity (Wildman–Crippen MR) is 93.9 cm³/mol. The molecule has 8 heteroatoms. The molecule has 2 aromatic rings. The van der Waals surface area contributed by atoms with E-state index >= 15 is 0 Å². The molecule has 1 saturated heterocycles. The molecule has 2 heterocycles. The van der Waals surface area contributed by atoms with Crippen LogP contribution in [0.2, 0.25) is 0 Å². The Morgan fingerprint density at radius 3 is 2.44 bits per heavy atom. The lowest BCUT2D eigenvalue weighted by atomic mass is 10.2. The molecule has 0 aliphatic carbocycles. The maximum absolute atomic E-state index is 13.6. The average molecular weight is 374 g/mol. The number of piperazine rings is 1. The molecule has 3 rings (SSSR count). The Morgan fingerprint density at radius 1 is 1.15 bits per heavy atom. The molecule has 1 aromatic carbocycles. The van der Waals surface area contributed by atoms with E-state index in [2.05, 4.69) is 0 Å². The summed E-state index contributed by atoms with van der Waals surface area (Å²) in [5.74, 6) is -1.09. The normalized spacial score (nSPS) is 14.1. The molecule has 1 fully saturated rings. The van der Waals surface area contributed by atoms with Gasteiger partial charge in [-0.15, -0.1) is 0 Å². The molecule has 27 heavy (non-hydrogen) atoms. The SMILES string of the molecule is CC(=O)N1CCN(C(=O)c2cc(=O)c(OCc3ccccc3F)co2)CC1. The smallest absolute Gasteiger partial charge is 0.289 e. The minimum Gasteiger partial charge on any atom is -0.482 e. The van der Waals surface area contributed by atoms with Crippen molar-refractivity contribution in [3.05, 3.63) is 64.0 Å². The van der Waals surface area contributed by atoms with Crippen LogP contribution in [0.5, 0.6) is 5.75 Å². The maximum atomic E-state index is 13.6. The molecule has 0 spiro atoms. The molecule has 1 aromatic heterocycles. The lowest BCUT2D eigenvalue weighted by Crippen LogP contribution is -2.50. The van der Waals surface area contributed by atoms with Crippen LogP contribution in [0.1, 0.15) is 23.0 Å². The third-order valence-corrected chi connectivity index (χ3v) is 4.36. The fourth-order valence-electron chi connectivity index (χ4n) is 2.77. The number of rotatable bonds is 4. The molecule has 0 N–H and O–H groups in total. The first-order valence-electron chi connectivity index (χ1n) is 8.49. The highest BCUT2D eigenvalue weighted by Gasteiger charge is 2.25. The van der Waals surface area contributed by atoms with Crippen molar-refractivity contribution in [3.63, 3.8) is 0 Å². The number of amides is 2. The van der Waals surface area contributed by atoms with Gasteiger partial charge in [0.25, 0.3) is 5.91 Å². The van der Waals surface area contributed by atoms with Crippen LogP contribution in [0.15, 0.2) is 45.8 Å². The van der Waals surface area contributed by atoms with Gasteiger partial charge in [0, 0.05) is 44.7 Å². The number of carbonyl (C=O) groups excluding carboxylic acids is 2. The second kappa shape index (κ2) is 8.03. The number of carbonyl (C=O) groups is 2. The Morgan fingerprint density at radius 2 is 1.81 bits per heavy atom. The van der Waals surface area contributed by atoms with Crippen molar-refractivity contribution < 1.29 is 23.1 Å². The van der Waals surface area contributed by atoms with Crippen molar-refractivity contribution in [1.82, 2.24) is 9.80 Å². The molecule has 7 nitrogen and oxygen atoms in total. The molecule has 0 atom stereocenters. The molecular weight excluding hydrogens is 355 g/mol. The van der Waals surface area contributed by atoms with E-state index in [0.29, 0.717) is 31.7 Å². The van der Waals surface area contributed by atoms with E-state index in [0.717, 1.165) is 12.3 Å². The number of halogens is 1. The summed E-state index contributed by atoms with van der Waals surface area (Å²) in [5, 5.41) is 0. The molecule has 0 unspecified atom stereocenters. The lowest BCUT2D eigenvalue weighted by Gasteiger charge is -2.33. The average Bonchev–Trinajstić information content (AvgIpc) is 2.67. The monoisotopic (exact) mass is 374 g/mol. The molecule has 1 aliphatic heterocycles. The van der Waals surface area contributed by atoms with Crippen molar-refractivity contribution in [2.75, 3.05) is 26.2 Å². The Bertz CT molecular complexity index is 903. The van der Waals surface area contributed by atoms with E-state index in [1.807, 2.05) is 0 Å². The molecule has 0 radical (unpaired) electrons. The van der Waals surface area contributed by atoms with Crippen LogP contribution in [0, 0.1) is 5.82 Å². The second-order valence-electron chi connectivity index (χ2n) is 6.15. The van der Waals surface area contributed by atoms with E-state index in [-0.39, 0.29) is 24.0 Å². The number of ether oxygens (including phenoxy) is 1. The predicted octanol–water partition coefficient (Wildman–Crippen LogP) is 1.66. The first-order valence-corrected chi connectivity index (χ1v) is 8.49. The first kappa shape index (κ1) is 18.6. The zero-order valence-electron chi connectivity index (χ0n) is 14.8. The van der Waals surface area contributed by atoms with E-state index < -0.39 is 17.2 Å². The number of hydrogen-bond donors (Lipinski definition) is 0. The van der Waals surface area contributed by atoms with Crippen LogP contribution >= 0.6 is 0 Å². The molecule has 1 aliphatic rings. The molecular formula is C19H19FN2O5. The summed E-state index contributed by atoms with van der Waals surface area (Å²) in [4.78, 5) is 39.2. The van der Waals surface area contributed by atoms with Crippen molar-refractivity contribution in [1.29, 1.82) is 0 Å². The van der Waals surface area contributed by atoms with E-state index in [9.17, 15) is 18.8 Å². The Hall–Kier alpha value is -3.16. The highest BCUT2D eigenvalue weighted by Crippen LogP contribution is 2.14. The second-order valence-corrected chi connectivity index (χ2v) is 6.15. The van der Waals surface area contributed by atoms with Crippen LogP contribution in [0.3, 0.4) is 0 Å². The molecule has 2 amide bonds. The lowest BCUT2D eigenvalue weighted by molar-refractivity contribution is -0.130. The van der Waals surface area contributed by atoms with Crippen molar-refractivity contribution in [3.8, 4) is 5.75 Å². The summed E-state index contributed by atoms with van der Waals surface area (Å²) in [6.07, 6.45) is 1.06. The van der Waals surface area contributed by atoms with Crippen LogP contribution in [0.4, 0.5) is 4.39 Å². The number of benzene rings is 1. The third-order valence-electron chi connectivity index (χ3n) is 4.36. The standard InChI is InChI=1S/C19H19FN2O5/c1-13(23)21-6-8-22(9-7-21)19(25)17-10-16(24)18(12-27-17)26-11-14-4-2-3-5-15(14)20/h2-5,10,12H,6-9,11H2,1H3. The highest BCUT2D eigenvalue weighted by atomic mass is 19.1. The van der Waals surface area contributed by atoms with Gasteiger partial charge in [-0.2, -0.15) is 0 Å². The summed E-state index contributed by atoms with van der Waals surface area (Å²) in [5.41, 5.74) is -0.219. The summed E-state index contributed by atoms with van der Waals surface area (Å²) in [6, 6.07) is 7.14. The minimum atomic E-state index is -0.525. The summed E-state index contributed by atoms with van der Waals surface area (Å²) >= 11 is 0. The van der Waals surface area contributed by atoms with E-state index in [1.54, 1.807) is 23.1 Å². The van der Waals surface area contributed by atoms with Crippen molar-refractivity contribution in [2.24, 2.45) is 0 Å². The van der Waals surface area contributed by atoms with Crippen LogP contribution in [0.25, 0.3) is 0 Å². The molecule has 0 saturated carbocycles. The van der Waals surface area contributed by atoms with Crippen molar-refractivity contribution in [2.45, 2.75) is 13.5 Å². The van der Waals surface area contributed by atoms with Gasteiger partial charge < -0.3 is 19.0 Å². The van der Waals surface area contributed by atoms with Crippen LogP contribution in [-0.2, 0) is 11.4 Å². The van der Waals surface area contributed by atoms with Gasteiger partial charge >= 0.3 is 0 Å². The molecule has 0 bridgehead atoms. The zero-order chi connectivity index (χ0) is 19.4. The van der Waals surface area contributed by atoms with E-state index in [4.69, 9.17) is 9.15 Å². The van der Waals surface area contributed by atoms with Crippen LogP contribution < -0.4 is 10.2 Å². The molecule has 142 valence electrons. The Labute approximate surface area is 154 Å². The highest BCUT2D eigenvalue weighted by molar-refractivity contribution is 5.91. The Balaban J connectivity index is 1.64. The topological polar surface area (TPSA) is 80.1 Å². The number of hydrogen-bond acceptors (Lipinski definition) is 5. The Kier molecular flexibility index (Phi) is 5.54. The fourth-order valence-corrected chi connectivity index (χ4v) is 2.77. The fraction of sp³-hybridized carbons (Fsp3) is 0.316. The van der Waals surface area contributed by atoms with Crippen LogP contribution in [-0.4, -0.2) is 47.8 Å². The van der Waals surface area contributed by atoms with Gasteiger partial charge in [-0.25, -0.2) is 4.39 Å². The summed E-state index contributed by atoms with van der Waals surface area (Å²) < 4.78 is 24.2. The zero-order valence-corrected chi connectivity index (χ0v) is 14.8. The van der Waals surface area contributed by atoms with Gasteiger partial charge in [0.1, 0.15) is 18.7 Å². The van der Waals surface area contributed by atoms with Gasteiger partial charge in [0.05, 0.1) is 0 Å². The largest absolute Gasteiger partial charge is 0.482 e. The van der Waals surface area contributed by atoms with Gasteiger partial charge in [-0.1, -0.05) is 18.2 Å². The van der Waals surface area contributed by atoms with Gasteiger partial charge in [-0.3, -0.25) is 14.4 Å². The third kappa shape index (κ3) is 4.33. The number of nitrogens with zero attached hydrogens (tertiary/aromatic N) is 2. The summed E-state index contributed by atoms with van der Waals surface area (Å²) in [6.45, 7) is 2.97. The first-order chi connectivity index (χ1) is 13.0. The van der Waals surface area contributed by atoms with Gasteiger partial charge in [-0.05, 0) is 6.07 Å². The maximum Gasteiger partial charge on any atom is 0.289 e. The minimum absolute atomic E-state index is 0.0371. The van der Waals surface area contributed by atoms with Gasteiger partial charge in [0.2, 0.25) is 17.1 Å². The summed E-state index contributed by atoms with van der Waals surface area (Å²) in [7, 11) is 0. The van der Waals surface area contributed by atoms with Gasteiger partial charge in [0.15, 0.2) is 5.76 Å².